The molecular formula is C8H8BrN. The van der Waals surface area contributed by atoms with Crippen LogP contribution in [-0.2, 0) is 0 Å². The number of rotatable bonds is 1. The summed E-state index contributed by atoms with van der Waals surface area (Å²) >= 11 is 3.30. The van der Waals surface area contributed by atoms with E-state index in [0.29, 0.717) is 0 Å². The molecule has 0 unspecified atom stereocenters. The van der Waals surface area contributed by atoms with Gasteiger partial charge in [-0.15, -0.1) is 0 Å². The van der Waals surface area contributed by atoms with Crippen molar-refractivity contribution in [1.82, 2.24) is 0 Å². The molecule has 0 aliphatic heterocycles. The van der Waals surface area contributed by atoms with E-state index in [1.165, 1.54) is 0 Å². The molecule has 0 heterocycles. The first kappa shape index (κ1) is 7.35. The van der Waals surface area contributed by atoms with E-state index in [9.17, 15) is 0 Å². The van der Waals surface area contributed by atoms with E-state index in [1.807, 2.05) is 18.2 Å². The second-order valence-electron chi connectivity index (χ2n) is 1.99. The van der Waals surface area contributed by atoms with Crippen LogP contribution in [-0.4, -0.2) is 0 Å². The SMILES string of the molecule is C=Cc1ccc(Br)c(N)c1. The van der Waals surface area contributed by atoms with Crippen LogP contribution in [0.25, 0.3) is 6.08 Å². The van der Waals surface area contributed by atoms with Crippen LogP contribution in [0.4, 0.5) is 5.69 Å². The van der Waals surface area contributed by atoms with Gasteiger partial charge in [0.05, 0.1) is 0 Å². The number of nitrogens with two attached hydrogens (primary N) is 1. The molecule has 0 spiro atoms. The average Bonchev–Trinajstić information content (AvgIpc) is 1.95. The smallest absolute Gasteiger partial charge is 0.0464 e. The topological polar surface area (TPSA) is 26.0 Å². The Hall–Kier alpha value is -0.760. The molecule has 0 saturated carbocycles. The third-order valence-corrected chi connectivity index (χ3v) is 1.98. The lowest BCUT2D eigenvalue weighted by molar-refractivity contribution is 1.60. The van der Waals surface area contributed by atoms with Crippen LogP contribution in [0.3, 0.4) is 0 Å². The zero-order valence-corrected chi connectivity index (χ0v) is 7.06. The van der Waals surface area contributed by atoms with Crippen LogP contribution in [0.1, 0.15) is 5.56 Å². The van der Waals surface area contributed by atoms with Gasteiger partial charge >= 0.3 is 0 Å². The quantitative estimate of drug-likeness (QED) is 0.689. The summed E-state index contributed by atoms with van der Waals surface area (Å²) in [6.07, 6.45) is 1.77. The third-order valence-electron chi connectivity index (χ3n) is 1.26. The van der Waals surface area contributed by atoms with E-state index >= 15 is 0 Å². The van der Waals surface area contributed by atoms with Gasteiger partial charge in [0.2, 0.25) is 0 Å². The van der Waals surface area contributed by atoms with E-state index in [-0.39, 0.29) is 0 Å². The van der Waals surface area contributed by atoms with Crippen molar-refractivity contribution in [3.05, 3.63) is 34.8 Å². The molecular weight excluding hydrogens is 190 g/mol. The number of hydrogen-bond donors (Lipinski definition) is 1. The second-order valence-corrected chi connectivity index (χ2v) is 2.84. The van der Waals surface area contributed by atoms with Crippen molar-refractivity contribution in [3.63, 3.8) is 0 Å². The van der Waals surface area contributed by atoms with Gasteiger partial charge in [-0.1, -0.05) is 18.7 Å². The highest BCUT2D eigenvalue weighted by atomic mass is 79.9. The first-order chi connectivity index (χ1) is 4.74. The van der Waals surface area contributed by atoms with Gasteiger partial charge in [0, 0.05) is 10.2 Å². The molecule has 0 radical (unpaired) electrons. The minimum Gasteiger partial charge on any atom is -0.398 e. The molecule has 1 aromatic rings. The minimum absolute atomic E-state index is 0.748. The first-order valence-corrected chi connectivity index (χ1v) is 3.71. The number of halogens is 1. The van der Waals surface area contributed by atoms with Crippen molar-refractivity contribution in [2.45, 2.75) is 0 Å². The predicted octanol–water partition coefficient (Wildman–Crippen LogP) is 2.67. The molecule has 0 amide bonds. The largest absolute Gasteiger partial charge is 0.398 e. The molecule has 1 aromatic carbocycles. The Bertz CT molecular complexity index is 255. The zero-order valence-electron chi connectivity index (χ0n) is 5.47. The molecule has 0 bridgehead atoms. The van der Waals surface area contributed by atoms with Gasteiger partial charge in [-0.2, -0.15) is 0 Å². The monoisotopic (exact) mass is 197 g/mol. The number of nitrogen functional groups attached to an aromatic ring is 1. The van der Waals surface area contributed by atoms with Crippen LogP contribution in [0.2, 0.25) is 0 Å². The minimum atomic E-state index is 0.748. The molecule has 1 rings (SSSR count). The molecule has 1 nitrogen and oxygen atoms in total. The molecule has 10 heavy (non-hydrogen) atoms. The fourth-order valence-electron chi connectivity index (χ4n) is 0.689. The third kappa shape index (κ3) is 1.39. The summed E-state index contributed by atoms with van der Waals surface area (Å²) in [5, 5.41) is 0. The Morgan fingerprint density at radius 1 is 1.50 bits per heavy atom. The standard InChI is InChI=1S/C8H8BrN/c1-2-6-3-4-7(9)8(10)5-6/h2-5H,1,10H2. The summed E-state index contributed by atoms with van der Waals surface area (Å²) < 4.78 is 0.929. The number of anilines is 1. The van der Waals surface area contributed by atoms with Gasteiger partial charge in [0.25, 0.3) is 0 Å². The lowest BCUT2D eigenvalue weighted by Crippen LogP contribution is -1.86. The summed E-state index contributed by atoms with van der Waals surface area (Å²) in [5.74, 6) is 0. The fraction of sp³-hybridized carbons (Fsp3) is 0. The Labute approximate surface area is 68.7 Å². The summed E-state index contributed by atoms with van der Waals surface area (Å²) in [7, 11) is 0. The zero-order chi connectivity index (χ0) is 7.56. The van der Waals surface area contributed by atoms with Crippen LogP contribution >= 0.6 is 15.9 Å². The molecule has 2 heteroatoms. The van der Waals surface area contributed by atoms with E-state index in [1.54, 1.807) is 6.08 Å². The molecule has 0 aromatic heterocycles. The van der Waals surface area contributed by atoms with E-state index in [0.717, 1.165) is 15.7 Å². The van der Waals surface area contributed by atoms with E-state index < -0.39 is 0 Å². The maximum atomic E-state index is 5.60. The van der Waals surface area contributed by atoms with Gasteiger partial charge in [0.1, 0.15) is 0 Å². The maximum absolute atomic E-state index is 5.60. The first-order valence-electron chi connectivity index (χ1n) is 2.91. The van der Waals surface area contributed by atoms with Gasteiger partial charge in [-0.3, -0.25) is 0 Å². The van der Waals surface area contributed by atoms with Crippen LogP contribution in [0.5, 0.6) is 0 Å². The van der Waals surface area contributed by atoms with Crippen molar-refractivity contribution < 1.29 is 0 Å². The molecule has 0 saturated heterocycles. The molecule has 52 valence electrons. The number of hydrogen-bond acceptors (Lipinski definition) is 1. The summed E-state index contributed by atoms with van der Waals surface area (Å²) in [4.78, 5) is 0. The van der Waals surface area contributed by atoms with Crippen molar-refractivity contribution in [2.24, 2.45) is 0 Å². The van der Waals surface area contributed by atoms with E-state index in [2.05, 4.69) is 22.5 Å². The van der Waals surface area contributed by atoms with Crippen LogP contribution < -0.4 is 5.73 Å². The van der Waals surface area contributed by atoms with Crippen LogP contribution in [0, 0.1) is 0 Å². The molecule has 0 fully saturated rings. The van der Waals surface area contributed by atoms with Gasteiger partial charge in [0.15, 0.2) is 0 Å². The van der Waals surface area contributed by atoms with Crippen molar-refractivity contribution in [2.75, 3.05) is 5.73 Å². The Balaban J connectivity index is 3.16. The molecule has 0 aliphatic carbocycles. The Morgan fingerprint density at radius 3 is 2.70 bits per heavy atom. The Kier molecular flexibility index (Phi) is 2.12. The highest BCUT2D eigenvalue weighted by Gasteiger charge is 1.92. The second kappa shape index (κ2) is 2.88. The summed E-state index contributed by atoms with van der Waals surface area (Å²) in [6, 6.07) is 5.73. The van der Waals surface area contributed by atoms with Gasteiger partial charge < -0.3 is 5.73 Å². The van der Waals surface area contributed by atoms with E-state index in [4.69, 9.17) is 5.73 Å². The fourth-order valence-corrected chi connectivity index (χ4v) is 0.936. The lowest BCUT2D eigenvalue weighted by Gasteiger charge is -1.97. The Morgan fingerprint density at radius 2 is 2.20 bits per heavy atom. The predicted molar refractivity (Wildman–Crippen MR) is 48.6 cm³/mol. The van der Waals surface area contributed by atoms with Crippen molar-refractivity contribution >= 4 is 27.7 Å². The normalized spacial score (nSPS) is 9.30. The van der Waals surface area contributed by atoms with Crippen molar-refractivity contribution in [1.29, 1.82) is 0 Å². The lowest BCUT2D eigenvalue weighted by atomic mass is 10.2. The molecule has 2 N–H and O–H groups in total. The van der Waals surface area contributed by atoms with Crippen molar-refractivity contribution in [3.8, 4) is 0 Å². The highest BCUT2D eigenvalue weighted by molar-refractivity contribution is 9.10. The number of benzene rings is 1. The highest BCUT2D eigenvalue weighted by Crippen LogP contribution is 2.20. The average molecular weight is 198 g/mol. The maximum Gasteiger partial charge on any atom is 0.0464 e. The van der Waals surface area contributed by atoms with Gasteiger partial charge in [-0.25, -0.2) is 0 Å². The summed E-state index contributed by atoms with van der Waals surface area (Å²) in [6.45, 7) is 3.63. The molecule has 0 aliphatic rings. The molecule has 0 atom stereocenters. The van der Waals surface area contributed by atoms with Crippen LogP contribution in [0.15, 0.2) is 29.3 Å². The summed E-state index contributed by atoms with van der Waals surface area (Å²) in [5.41, 5.74) is 7.39. The van der Waals surface area contributed by atoms with Gasteiger partial charge in [-0.05, 0) is 33.6 Å².